The van der Waals surface area contributed by atoms with Crippen molar-refractivity contribution in [3.05, 3.63) is 23.1 Å². The summed E-state index contributed by atoms with van der Waals surface area (Å²) in [6, 6.07) is 4.81. The number of halogens is 1. The van der Waals surface area contributed by atoms with Crippen molar-refractivity contribution in [2.45, 2.75) is 18.2 Å². The first kappa shape index (κ1) is 15.8. The first-order chi connectivity index (χ1) is 9.72. The number of ether oxygens (including phenoxy) is 1. The fraction of sp³-hybridized carbons (Fsp3) is 0.286. The summed E-state index contributed by atoms with van der Waals surface area (Å²) in [5, 5.41) is 13.4. The molecule has 0 radical (unpaired) electrons. The maximum Gasteiger partial charge on any atom is 0.348 e. The van der Waals surface area contributed by atoms with Gasteiger partial charge in [-0.3, -0.25) is 4.79 Å². The first-order valence-electron chi connectivity index (χ1n) is 6.07. The smallest absolute Gasteiger partial charge is 0.348 e. The zero-order chi connectivity index (χ0) is 15.8. The van der Waals surface area contributed by atoms with E-state index in [1.807, 2.05) is 0 Å². The van der Waals surface area contributed by atoms with Crippen molar-refractivity contribution in [3.8, 4) is 5.75 Å². The van der Waals surface area contributed by atoms with Gasteiger partial charge in [0.25, 0.3) is 0 Å². The van der Waals surface area contributed by atoms with Gasteiger partial charge in [0.05, 0.1) is 17.1 Å². The van der Waals surface area contributed by atoms with Crippen molar-refractivity contribution in [1.82, 2.24) is 0 Å². The Hall–Kier alpha value is -1.60. The van der Waals surface area contributed by atoms with Crippen LogP contribution in [0.4, 0.5) is 5.69 Å². The van der Waals surface area contributed by atoms with Crippen LogP contribution in [0.3, 0.4) is 0 Å². The minimum atomic E-state index is -0.750. The highest BCUT2D eigenvalue weighted by Crippen LogP contribution is 2.35. The quantitative estimate of drug-likeness (QED) is 0.491. The van der Waals surface area contributed by atoms with Crippen LogP contribution in [0.15, 0.2) is 18.2 Å². The van der Waals surface area contributed by atoms with Crippen molar-refractivity contribution in [2.75, 3.05) is 12.4 Å². The number of phenols is 1. The molecule has 0 bridgehead atoms. The molecule has 1 heterocycles. The number of fused-ring (bicyclic) bond motifs is 1. The highest BCUT2D eigenvalue weighted by atomic mass is 79.9. The van der Waals surface area contributed by atoms with Gasteiger partial charge in [-0.05, 0) is 37.4 Å². The van der Waals surface area contributed by atoms with E-state index in [-0.39, 0.29) is 11.7 Å². The summed E-state index contributed by atoms with van der Waals surface area (Å²) >= 11 is 4.48. The van der Waals surface area contributed by atoms with E-state index in [4.69, 9.17) is 0 Å². The minimum absolute atomic E-state index is 0.0501. The van der Waals surface area contributed by atoms with Gasteiger partial charge >= 0.3 is 5.97 Å². The van der Waals surface area contributed by atoms with Crippen LogP contribution in [0.1, 0.15) is 23.5 Å². The van der Waals surface area contributed by atoms with Crippen LogP contribution in [0.2, 0.25) is 0 Å². The topological polar surface area (TPSA) is 75.6 Å². The van der Waals surface area contributed by atoms with Gasteiger partial charge in [0.15, 0.2) is 0 Å². The van der Waals surface area contributed by atoms with E-state index in [1.165, 1.54) is 24.5 Å². The molecule has 0 aliphatic heterocycles. The molecule has 0 aliphatic carbocycles. The van der Waals surface area contributed by atoms with Crippen LogP contribution in [0.5, 0.6) is 5.75 Å². The van der Waals surface area contributed by atoms with E-state index in [2.05, 4.69) is 26.0 Å². The molecule has 1 aromatic carbocycles. The van der Waals surface area contributed by atoms with E-state index in [9.17, 15) is 14.7 Å². The molecule has 1 amide bonds. The molecule has 2 rings (SSSR count). The maximum absolute atomic E-state index is 11.9. The van der Waals surface area contributed by atoms with E-state index >= 15 is 0 Å². The second kappa shape index (κ2) is 5.65. The third-order valence-corrected chi connectivity index (χ3v) is 4.25. The second-order valence-corrected chi connectivity index (χ2v) is 8.00. The molecular weight excluding hydrogens is 358 g/mol. The summed E-state index contributed by atoms with van der Waals surface area (Å²) in [6.45, 7) is 3.41. The highest BCUT2D eigenvalue weighted by molar-refractivity contribution is 9.10. The van der Waals surface area contributed by atoms with Crippen LogP contribution in [-0.4, -0.2) is 28.4 Å². The Labute approximate surface area is 134 Å². The van der Waals surface area contributed by atoms with Crippen LogP contribution in [-0.2, 0) is 9.53 Å². The molecule has 5 nitrogen and oxygen atoms in total. The van der Waals surface area contributed by atoms with Crippen LogP contribution < -0.4 is 5.32 Å². The Bertz CT molecular complexity index is 718. The predicted molar refractivity (Wildman–Crippen MR) is 86.5 cm³/mol. The van der Waals surface area contributed by atoms with E-state index in [0.29, 0.717) is 10.6 Å². The van der Waals surface area contributed by atoms with Crippen LogP contribution in [0, 0.1) is 0 Å². The third kappa shape index (κ3) is 3.36. The number of nitrogens with one attached hydrogen (secondary N) is 1. The lowest BCUT2D eigenvalue weighted by Crippen LogP contribution is -2.30. The number of hydrogen-bond acceptors (Lipinski definition) is 5. The normalized spacial score (nSPS) is 11.4. The van der Waals surface area contributed by atoms with E-state index < -0.39 is 10.3 Å². The minimum Gasteiger partial charge on any atom is -0.506 e. The van der Waals surface area contributed by atoms with Crippen LogP contribution >= 0.6 is 27.3 Å². The zero-order valence-electron chi connectivity index (χ0n) is 11.7. The lowest BCUT2D eigenvalue weighted by atomic mass is 10.1. The molecule has 2 aromatic rings. The second-order valence-electron chi connectivity index (χ2n) is 4.94. The Morgan fingerprint density at radius 3 is 2.57 bits per heavy atom. The van der Waals surface area contributed by atoms with Crippen molar-refractivity contribution in [2.24, 2.45) is 0 Å². The van der Waals surface area contributed by atoms with Crippen molar-refractivity contribution < 1.29 is 19.4 Å². The van der Waals surface area contributed by atoms with Crippen LogP contribution in [0.25, 0.3) is 10.1 Å². The molecule has 0 unspecified atom stereocenters. The standard InChI is InChI=1S/C14H14BrNO4S/c1-14(2,15)13(19)16-8-4-7-5-11(12(18)20-3)21-10(7)6-9(8)17/h4-6,17H,1-3H3,(H,16,19). The molecule has 0 aliphatic rings. The number of benzene rings is 1. The molecule has 0 fully saturated rings. The van der Waals surface area contributed by atoms with Crippen molar-refractivity contribution >= 4 is 54.9 Å². The third-order valence-electron chi connectivity index (χ3n) is 2.81. The molecule has 0 atom stereocenters. The van der Waals surface area contributed by atoms with Gasteiger partial charge < -0.3 is 15.2 Å². The fourth-order valence-electron chi connectivity index (χ4n) is 1.65. The van der Waals surface area contributed by atoms with E-state index in [0.717, 1.165) is 10.1 Å². The molecule has 112 valence electrons. The SMILES string of the molecule is COC(=O)c1cc2cc(NC(=O)C(C)(C)Br)c(O)cc2s1. The van der Waals surface area contributed by atoms with Gasteiger partial charge in [0, 0.05) is 4.70 Å². The molecule has 0 saturated carbocycles. The summed E-state index contributed by atoms with van der Waals surface area (Å²) in [4.78, 5) is 23.9. The number of carbonyl (C=O) groups is 2. The van der Waals surface area contributed by atoms with Gasteiger partial charge in [0.2, 0.25) is 5.91 Å². The number of anilines is 1. The number of phenolic OH excluding ortho intramolecular Hbond substituents is 1. The Morgan fingerprint density at radius 2 is 2.00 bits per heavy atom. The van der Waals surface area contributed by atoms with Gasteiger partial charge in [0.1, 0.15) is 10.6 Å². The molecule has 2 N–H and O–H groups in total. The lowest BCUT2D eigenvalue weighted by molar-refractivity contribution is -0.117. The lowest BCUT2D eigenvalue weighted by Gasteiger charge is -2.16. The van der Waals surface area contributed by atoms with Gasteiger partial charge in [-0.15, -0.1) is 11.3 Å². The molecule has 21 heavy (non-hydrogen) atoms. The number of carbonyl (C=O) groups excluding carboxylic acids is 2. The Morgan fingerprint density at radius 1 is 1.33 bits per heavy atom. The fourth-order valence-corrected chi connectivity index (χ4v) is 2.74. The maximum atomic E-state index is 11.9. The first-order valence-corrected chi connectivity index (χ1v) is 7.68. The van der Waals surface area contributed by atoms with Crippen molar-refractivity contribution in [1.29, 1.82) is 0 Å². The number of aromatic hydroxyl groups is 1. The number of alkyl halides is 1. The molecular formula is C14H14BrNO4S. The van der Waals surface area contributed by atoms with Crippen molar-refractivity contribution in [3.63, 3.8) is 0 Å². The number of thiophene rings is 1. The Balaban J connectivity index is 2.40. The molecule has 0 spiro atoms. The van der Waals surface area contributed by atoms with E-state index in [1.54, 1.807) is 26.0 Å². The number of esters is 1. The summed E-state index contributed by atoms with van der Waals surface area (Å²) in [6.07, 6.45) is 0. The number of amides is 1. The average Bonchev–Trinajstić information content (AvgIpc) is 2.79. The molecule has 0 saturated heterocycles. The zero-order valence-corrected chi connectivity index (χ0v) is 14.1. The molecule has 7 heteroatoms. The summed E-state index contributed by atoms with van der Waals surface area (Å²) in [7, 11) is 1.31. The number of hydrogen-bond donors (Lipinski definition) is 2. The molecule has 1 aromatic heterocycles. The number of methoxy groups -OCH3 is 1. The summed E-state index contributed by atoms with van der Waals surface area (Å²) in [5.74, 6) is -0.755. The monoisotopic (exact) mass is 371 g/mol. The number of rotatable bonds is 3. The van der Waals surface area contributed by atoms with Gasteiger partial charge in [-0.2, -0.15) is 0 Å². The summed E-state index contributed by atoms with van der Waals surface area (Å²) in [5.41, 5.74) is 0.300. The van der Waals surface area contributed by atoms with Gasteiger partial charge in [-0.25, -0.2) is 4.79 Å². The highest BCUT2D eigenvalue weighted by Gasteiger charge is 2.24. The average molecular weight is 372 g/mol. The largest absolute Gasteiger partial charge is 0.506 e. The van der Waals surface area contributed by atoms with Gasteiger partial charge in [-0.1, -0.05) is 15.9 Å². The Kier molecular flexibility index (Phi) is 4.25. The summed E-state index contributed by atoms with van der Waals surface area (Å²) < 4.78 is 4.66. The predicted octanol–water partition coefficient (Wildman–Crippen LogP) is 3.51.